The highest BCUT2D eigenvalue weighted by molar-refractivity contribution is 6.07. The summed E-state index contributed by atoms with van der Waals surface area (Å²) in [6, 6.07) is 24.2. The molecule has 5 heteroatoms. The van der Waals surface area contributed by atoms with E-state index in [1.165, 1.54) is 25.3 Å². The number of carbonyl (C=O) groups excluding carboxylic acids is 1. The van der Waals surface area contributed by atoms with Gasteiger partial charge in [-0.1, -0.05) is 48.5 Å². The molecule has 0 aliphatic rings. The van der Waals surface area contributed by atoms with E-state index < -0.39 is 0 Å². The zero-order valence-electron chi connectivity index (χ0n) is 16.4. The first-order valence-electron chi connectivity index (χ1n) is 9.45. The van der Waals surface area contributed by atoms with Gasteiger partial charge in [0.15, 0.2) is 17.3 Å². The van der Waals surface area contributed by atoms with Gasteiger partial charge in [0.05, 0.1) is 18.5 Å². The highest BCUT2D eigenvalue weighted by Crippen LogP contribution is 2.27. The SMILES string of the molecule is COc1cc(C(=O)/C=C/c2cn(-c3ccccc3)nc2-c2ccccc2)ccc1O. The molecule has 0 atom stereocenters. The summed E-state index contributed by atoms with van der Waals surface area (Å²) in [5.74, 6) is 0.0597. The first-order chi connectivity index (χ1) is 14.7. The zero-order chi connectivity index (χ0) is 20.9. The van der Waals surface area contributed by atoms with Crippen LogP contribution in [0.4, 0.5) is 0 Å². The smallest absolute Gasteiger partial charge is 0.185 e. The molecule has 0 bridgehead atoms. The quantitative estimate of drug-likeness (QED) is 0.362. The van der Waals surface area contributed by atoms with Crippen molar-refractivity contribution < 1.29 is 14.6 Å². The Hall–Kier alpha value is -4.12. The number of phenols is 1. The molecule has 0 fully saturated rings. The number of nitrogens with zero attached hydrogens (tertiary/aromatic N) is 2. The number of phenolic OH excluding ortho intramolecular Hbond substituents is 1. The maximum absolute atomic E-state index is 12.7. The molecule has 4 aromatic rings. The second-order valence-electron chi connectivity index (χ2n) is 6.66. The molecule has 5 nitrogen and oxygen atoms in total. The van der Waals surface area contributed by atoms with Crippen molar-refractivity contribution in [1.29, 1.82) is 0 Å². The van der Waals surface area contributed by atoms with Gasteiger partial charge in [0.1, 0.15) is 0 Å². The predicted molar refractivity (Wildman–Crippen MR) is 117 cm³/mol. The van der Waals surface area contributed by atoms with Crippen LogP contribution in [-0.4, -0.2) is 27.8 Å². The number of para-hydroxylation sites is 1. The Morgan fingerprint density at radius 2 is 1.70 bits per heavy atom. The van der Waals surface area contributed by atoms with Crippen molar-refractivity contribution in [2.75, 3.05) is 7.11 Å². The number of aromatic nitrogens is 2. The Morgan fingerprint density at radius 1 is 1.00 bits per heavy atom. The minimum Gasteiger partial charge on any atom is -0.504 e. The summed E-state index contributed by atoms with van der Waals surface area (Å²) in [6.07, 6.45) is 5.17. The minimum atomic E-state index is -0.195. The van der Waals surface area contributed by atoms with E-state index >= 15 is 0 Å². The third kappa shape index (κ3) is 4.00. The van der Waals surface area contributed by atoms with E-state index in [0.29, 0.717) is 5.56 Å². The van der Waals surface area contributed by atoms with Gasteiger partial charge in [-0.2, -0.15) is 5.10 Å². The summed E-state index contributed by atoms with van der Waals surface area (Å²) in [6.45, 7) is 0. The van der Waals surface area contributed by atoms with E-state index in [2.05, 4.69) is 0 Å². The first kappa shape index (κ1) is 19.2. The van der Waals surface area contributed by atoms with Crippen LogP contribution in [0.2, 0.25) is 0 Å². The van der Waals surface area contributed by atoms with Gasteiger partial charge in [-0.3, -0.25) is 4.79 Å². The third-order valence-electron chi connectivity index (χ3n) is 4.69. The van der Waals surface area contributed by atoms with Crippen LogP contribution in [0.3, 0.4) is 0 Å². The van der Waals surface area contributed by atoms with Gasteiger partial charge >= 0.3 is 0 Å². The lowest BCUT2D eigenvalue weighted by Crippen LogP contribution is -1.95. The van der Waals surface area contributed by atoms with Gasteiger partial charge in [-0.25, -0.2) is 4.68 Å². The van der Waals surface area contributed by atoms with E-state index in [1.807, 2.05) is 66.9 Å². The number of hydrogen-bond acceptors (Lipinski definition) is 4. The minimum absolute atomic E-state index is 0.00599. The topological polar surface area (TPSA) is 64.4 Å². The average molecular weight is 396 g/mol. The molecule has 0 saturated carbocycles. The first-order valence-corrected chi connectivity index (χ1v) is 9.45. The molecule has 0 aliphatic carbocycles. The predicted octanol–water partition coefficient (Wildman–Crippen LogP) is 5.15. The van der Waals surface area contributed by atoms with Crippen LogP contribution >= 0.6 is 0 Å². The number of carbonyl (C=O) groups is 1. The lowest BCUT2D eigenvalue weighted by atomic mass is 10.1. The molecule has 0 unspecified atom stereocenters. The van der Waals surface area contributed by atoms with Gasteiger partial charge < -0.3 is 9.84 Å². The molecule has 4 rings (SSSR count). The molecule has 1 N–H and O–H groups in total. The summed E-state index contributed by atoms with van der Waals surface area (Å²) in [5.41, 5.74) is 3.93. The summed E-state index contributed by atoms with van der Waals surface area (Å²) in [7, 11) is 1.45. The number of methoxy groups -OCH3 is 1. The monoisotopic (exact) mass is 396 g/mol. The Morgan fingerprint density at radius 3 is 2.40 bits per heavy atom. The molecule has 1 aromatic heterocycles. The van der Waals surface area contributed by atoms with Crippen LogP contribution in [0.1, 0.15) is 15.9 Å². The van der Waals surface area contributed by atoms with Crippen LogP contribution < -0.4 is 4.74 Å². The second-order valence-corrected chi connectivity index (χ2v) is 6.66. The Labute approximate surface area is 174 Å². The fraction of sp³-hybridized carbons (Fsp3) is 0.0400. The Kier molecular flexibility index (Phi) is 5.44. The van der Waals surface area contributed by atoms with Gasteiger partial charge in [0.25, 0.3) is 0 Å². The maximum atomic E-state index is 12.7. The molecular formula is C25H20N2O3. The Balaban J connectivity index is 1.70. The number of allylic oxidation sites excluding steroid dienone is 1. The zero-order valence-corrected chi connectivity index (χ0v) is 16.4. The van der Waals surface area contributed by atoms with Crippen molar-refractivity contribution >= 4 is 11.9 Å². The van der Waals surface area contributed by atoms with Crippen molar-refractivity contribution in [2.45, 2.75) is 0 Å². The van der Waals surface area contributed by atoms with Gasteiger partial charge in [-0.05, 0) is 42.5 Å². The van der Waals surface area contributed by atoms with Crippen LogP contribution in [-0.2, 0) is 0 Å². The molecular weight excluding hydrogens is 376 g/mol. The third-order valence-corrected chi connectivity index (χ3v) is 4.69. The van der Waals surface area contributed by atoms with E-state index in [-0.39, 0.29) is 17.3 Å². The largest absolute Gasteiger partial charge is 0.504 e. The standard InChI is InChI=1S/C25H20N2O3/c1-30-24-16-19(12-15-23(24)29)22(28)14-13-20-17-27(21-10-6-3-7-11-21)26-25(20)18-8-4-2-5-9-18/h2-17,29H,1H3/b14-13+. The molecule has 0 spiro atoms. The lowest BCUT2D eigenvalue weighted by Gasteiger charge is -2.04. The van der Waals surface area contributed by atoms with E-state index in [1.54, 1.807) is 16.8 Å². The fourth-order valence-electron chi connectivity index (χ4n) is 3.14. The van der Waals surface area contributed by atoms with Crippen molar-refractivity contribution in [1.82, 2.24) is 9.78 Å². The average Bonchev–Trinajstić information content (AvgIpc) is 3.23. The number of benzene rings is 3. The maximum Gasteiger partial charge on any atom is 0.185 e. The van der Waals surface area contributed by atoms with Crippen LogP contribution in [0, 0.1) is 0 Å². The van der Waals surface area contributed by atoms with E-state index in [4.69, 9.17) is 9.84 Å². The normalized spacial score (nSPS) is 11.0. The summed E-state index contributed by atoms with van der Waals surface area (Å²) < 4.78 is 6.89. The van der Waals surface area contributed by atoms with Gasteiger partial charge in [0.2, 0.25) is 0 Å². The van der Waals surface area contributed by atoms with E-state index in [0.717, 1.165) is 22.5 Å². The van der Waals surface area contributed by atoms with Gasteiger partial charge in [-0.15, -0.1) is 0 Å². The lowest BCUT2D eigenvalue weighted by molar-refractivity contribution is 0.104. The van der Waals surface area contributed by atoms with Crippen molar-refractivity contribution in [3.05, 3.63) is 102 Å². The van der Waals surface area contributed by atoms with Crippen LogP contribution in [0.15, 0.2) is 91.1 Å². The van der Waals surface area contributed by atoms with Crippen molar-refractivity contribution in [3.8, 4) is 28.4 Å². The highest BCUT2D eigenvalue weighted by Gasteiger charge is 2.12. The molecule has 0 amide bonds. The summed E-state index contributed by atoms with van der Waals surface area (Å²) in [5, 5.41) is 14.5. The number of ether oxygens (including phenoxy) is 1. The molecule has 30 heavy (non-hydrogen) atoms. The van der Waals surface area contributed by atoms with Gasteiger partial charge in [0, 0.05) is 22.9 Å². The fourth-order valence-corrected chi connectivity index (χ4v) is 3.14. The Bertz CT molecular complexity index is 1200. The second kappa shape index (κ2) is 8.49. The molecule has 3 aromatic carbocycles. The molecule has 0 aliphatic heterocycles. The molecule has 0 radical (unpaired) electrons. The summed E-state index contributed by atoms with van der Waals surface area (Å²) in [4.78, 5) is 12.7. The molecule has 148 valence electrons. The number of aromatic hydroxyl groups is 1. The van der Waals surface area contributed by atoms with Crippen LogP contribution in [0.5, 0.6) is 11.5 Å². The van der Waals surface area contributed by atoms with Crippen molar-refractivity contribution in [3.63, 3.8) is 0 Å². The number of hydrogen-bond donors (Lipinski definition) is 1. The highest BCUT2D eigenvalue weighted by atomic mass is 16.5. The number of rotatable bonds is 6. The number of ketones is 1. The van der Waals surface area contributed by atoms with Crippen LogP contribution in [0.25, 0.3) is 23.0 Å². The molecule has 0 saturated heterocycles. The van der Waals surface area contributed by atoms with E-state index in [9.17, 15) is 9.90 Å². The summed E-state index contributed by atoms with van der Waals surface area (Å²) >= 11 is 0. The molecule has 1 heterocycles. The van der Waals surface area contributed by atoms with Crippen molar-refractivity contribution in [2.24, 2.45) is 0 Å².